The zero-order valence-electron chi connectivity index (χ0n) is 1.77. The van der Waals surface area contributed by atoms with Gasteiger partial charge in [-0.3, -0.25) is 0 Å². The topological polar surface area (TPSA) is 0 Å². The average Bonchev–Trinajstić information content (AvgIpc) is 0. The van der Waals surface area contributed by atoms with Gasteiger partial charge in [0.1, 0.15) is 0 Å². The van der Waals surface area contributed by atoms with E-state index in [1.54, 1.807) is 0 Å². The first-order valence-electron chi connectivity index (χ1n) is 0. The summed E-state index contributed by atoms with van der Waals surface area (Å²) in [6.07, 6.45) is 0. The normalized spacial score (nSPS) is 0. The molecule has 0 aromatic carbocycles. The summed E-state index contributed by atoms with van der Waals surface area (Å²) in [5.41, 5.74) is 0. The molecular formula is CrCuRuZn. The van der Waals surface area contributed by atoms with Crippen LogP contribution in [0, 0.1) is 0 Å². The van der Waals surface area contributed by atoms with E-state index in [9.17, 15) is 0 Å². The first kappa shape index (κ1) is 33.5. The second-order valence-electron chi connectivity index (χ2n) is 0. The minimum atomic E-state index is 0. The molecule has 0 bridgehead atoms. The summed E-state index contributed by atoms with van der Waals surface area (Å²) in [5, 5.41) is 0. The quantitative estimate of drug-likeness (QED) is 0.548. The van der Waals surface area contributed by atoms with E-state index in [-0.39, 0.29) is 73.4 Å². The molecule has 0 saturated heterocycles. The fourth-order valence-corrected chi connectivity index (χ4v) is 0. The molecular weight excluding hydrogens is 282 g/mol. The Hall–Kier alpha value is 2.30. The van der Waals surface area contributed by atoms with Gasteiger partial charge >= 0.3 is 0 Å². The van der Waals surface area contributed by atoms with Crippen LogP contribution in [0.5, 0.6) is 0 Å². The molecule has 0 nitrogen and oxygen atoms in total. The summed E-state index contributed by atoms with van der Waals surface area (Å²) in [6.45, 7) is 0. The Morgan fingerprint density at radius 2 is 1.00 bits per heavy atom. The van der Waals surface area contributed by atoms with E-state index in [2.05, 4.69) is 0 Å². The van der Waals surface area contributed by atoms with Crippen LogP contribution in [-0.2, 0) is 73.4 Å². The third-order valence-corrected chi connectivity index (χ3v) is 0. The molecule has 0 unspecified atom stereocenters. The minimum Gasteiger partial charge on any atom is 0 e. The SMILES string of the molecule is [Cr].[Cu].[Ru].[Zn]. The van der Waals surface area contributed by atoms with Crippen LogP contribution in [0.4, 0.5) is 0 Å². The van der Waals surface area contributed by atoms with Gasteiger partial charge in [-0.05, 0) is 0 Å². The molecule has 0 saturated carbocycles. The average molecular weight is 282 g/mol. The fraction of sp³-hybridized carbons (Fsp3) is 0. The van der Waals surface area contributed by atoms with Gasteiger partial charge in [0, 0.05) is 73.4 Å². The zero-order chi connectivity index (χ0) is 0. The van der Waals surface area contributed by atoms with Crippen molar-refractivity contribution in [1.29, 1.82) is 0 Å². The summed E-state index contributed by atoms with van der Waals surface area (Å²) < 4.78 is 0. The van der Waals surface area contributed by atoms with Crippen LogP contribution < -0.4 is 0 Å². The summed E-state index contributed by atoms with van der Waals surface area (Å²) >= 11 is 0. The van der Waals surface area contributed by atoms with Crippen molar-refractivity contribution in [2.24, 2.45) is 0 Å². The first-order chi connectivity index (χ1) is 0. The summed E-state index contributed by atoms with van der Waals surface area (Å²) in [5.74, 6) is 0. The van der Waals surface area contributed by atoms with E-state index < -0.39 is 0 Å². The smallest absolute Gasteiger partial charge is 0 e. The van der Waals surface area contributed by atoms with E-state index in [1.165, 1.54) is 0 Å². The first-order valence-corrected chi connectivity index (χ1v) is 0. The third-order valence-electron chi connectivity index (χ3n) is 0. The molecule has 27 valence electrons. The summed E-state index contributed by atoms with van der Waals surface area (Å²) in [7, 11) is 0. The van der Waals surface area contributed by atoms with Crippen molar-refractivity contribution in [2.75, 3.05) is 0 Å². The van der Waals surface area contributed by atoms with Gasteiger partial charge in [0.15, 0.2) is 0 Å². The Kier molecular flexibility index (Phi) is 155. The summed E-state index contributed by atoms with van der Waals surface area (Å²) in [6, 6.07) is 0. The molecule has 0 aliphatic rings. The molecule has 0 N–H and O–H groups in total. The molecule has 0 amide bonds. The van der Waals surface area contributed by atoms with E-state index in [0.29, 0.717) is 0 Å². The Labute approximate surface area is 72.6 Å². The molecule has 0 heterocycles. The van der Waals surface area contributed by atoms with Gasteiger partial charge in [-0.15, -0.1) is 0 Å². The van der Waals surface area contributed by atoms with Gasteiger partial charge in [-0.2, -0.15) is 0 Å². The van der Waals surface area contributed by atoms with Crippen LogP contribution in [0.1, 0.15) is 0 Å². The maximum Gasteiger partial charge on any atom is 0 e. The maximum absolute atomic E-state index is 0. The second-order valence-corrected chi connectivity index (χ2v) is 0. The monoisotopic (exact) mass is 281 g/mol. The second kappa shape index (κ2) is 18.5. The van der Waals surface area contributed by atoms with Crippen molar-refractivity contribution < 1.29 is 73.4 Å². The molecule has 0 fully saturated rings. The molecule has 0 aliphatic carbocycles. The number of rotatable bonds is 0. The Bertz CT molecular complexity index is 8.00. The van der Waals surface area contributed by atoms with Crippen molar-refractivity contribution in [3.05, 3.63) is 0 Å². The standard InChI is InChI=1S/Cr.Cu.Ru.Zn. The van der Waals surface area contributed by atoms with Crippen molar-refractivity contribution in [2.45, 2.75) is 0 Å². The molecule has 0 rings (SSSR count). The zero-order valence-corrected chi connectivity index (χ0v) is 8.69. The molecule has 4 heteroatoms. The van der Waals surface area contributed by atoms with Crippen LogP contribution >= 0.6 is 0 Å². The molecule has 0 spiro atoms. The van der Waals surface area contributed by atoms with E-state index in [1.807, 2.05) is 0 Å². The van der Waals surface area contributed by atoms with Gasteiger partial charge < -0.3 is 0 Å². The van der Waals surface area contributed by atoms with Crippen LogP contribution in [-0.4, -0.2) is 0 Å². The number of hydrogen-bond acceptors (Lipinski definition) is 0. The molecule has 0 atom stereocenters. The Morgan fingerprint density at radius 1 is 1.00 bits per heavy atom. The minimum absolute atomic E-state index is 0. The predicted octanol–water partition coefficient (Wildman–Crippen LogP) is -0.0100. The van der Waals surface area contributed by atoms with E-state index in [4.69, 9.17) is 0 Å². The van der Waals surface area contributed by atoms with Crippen LogP contribution in [0.2, 0.25) is 0 Å². The maximum atomic E-state index is 0. The van der Waals surface area contributed by atoms with Gasteiger partial charge in [0.25, 0.3) is 0 Å². The molecule has 0 aromatic rings. The number of hydrogen-bond donors (Lipinski definition) is 0. The predicted molar refractivity (Wildman–Crippen MR) is 0 cm³/mol. The Morgan fingerprint density at radius 3 is 1.00 bits per heavy atom. The van der Waals surface area contributed by atoms with Crippen LogP contribution in [0.15, 0.2) is 0 Å². The van der Waals surface area contributed by atoms with Crippen LogP contribution in [0.25, 0.3) is 0 Å². The van der Waals surface area contributed by atoms with Gasteiger partial charge in [0.05, 0.1) is 0 Å². The van der Waals surface area contributed by atoms with E-state index >= 15 is 0 Å². The van der Waals surface area contributed by atoms with Crippen molar-refractivity contribution in [3.63, 3.8) is 0 Å². The van der Waals surface area contributed by atoms with Gasteiger partial charge in [-0.1, -0.05) is 0 Å². The summed E-state index contributed by atoms with van der Waals surface area (Å²) in [4.78, 5) is 0. The van der Waals surface area contributed by atoms with Gasteiger partial charge in [-0.25, -0.2) is 0 Å². The van der Waals surface area contributed by atoms with Crippen LogP contribution in [0.3, 0.4) is 0 Å². The van der Waals surface area contributed by atoms with Crippen molar-refractivity contribution in [1.82, 2.24) is 0 Å². The molecule has 1 radical (unpaired) electrons. The fourth-order valence-electron chi connectivity index (χ4n) is 0. The van der Waals surface area contributed by atoms with E-state index in [0.717, 1.165) is 0 Å². The third kappa shape index (κ3) is 8.85. The van der Waals surface area contributed by atoms with Gasteiger partial charge in [0.2, 0.25) is 0 Å². The molecule has 4 heavy (non-hydrogen) atoms. The van der Waals surface area contributed by atoms with Crippen molar-refractivity contribution in [3.8, 4) is 0 Å². The molecule has 0 aromatic heterocycles. The van der Waals surface area contributed by atoms with Crippen molar-refractivity contribution >= 4 is 0 Å². The largest absolute Gasteiger partial charge is 0 e. The molecule has 0 aliphatic heterocycles. The Balaban J connectivity index is 0.